The van der Waals surface area contributed by atoms with Gasteiger partial charge < -0.3 is 15.5 Å². The Balaban J connectivity index is 2.31. The van der Waals surface area contributed by atoms with Crippen LogP contribution in [0.1, 0.15) is 65.7 Å². The molecular formula is C18H38N4. The van der Waals surface area contributed by atoms with Crippen LogP contribution in [0.15, 0.2) is 4.99 Å². The van der Waals surface area contributed by atoms with E-state index in [1.54, 1.807) is 0 Å². The molecular weight excluding hydrogens is 272 g/mol. The lowest BCUT2D eigenvalue weighted by molar-refractivity contribution is 0.223. The second-order valence-electron chi connectivity index (χ2n) is 6.86. The lowest BCUT2D eigenvalue weighted by Crippen LogP contribution is -2.42. The summed E-state index contributed by atoms with van der Waals surface area (Å²) in [5, 5.41) is 6.96. The van der Waals surface area contributed by atoms with Gasteiger partial charge in [0.15, 0.2) is 5.96 Å². The van der Waals surface area contributed by atoms with Crippen molar-refractivity contribution in [3.8, 4) is 0 Å². The first-order valence-electron chi connectivity index (χ1n) is 9.39. The lowest BCUT2D eigenvalue weighted by Gasteiger charge is -2.28. The van der Waals surface area contributed by atoms with Gasteiger partial charge in [0.25, 0.3) is 0 Å². The van der Waals surface area contributed by atoms with Crippen molar-refractivity contribution in [3.05, 3.63) is 0 Å². The SMILES string of the molecule is CCCCCCC(C)NC(=NCC1CCN(C)CC1)NCC. The Hall–Kier alpha value is -0.770. The van der Waals surface area contributed by atoms with Crippen molar-refractivity contribution in [3.63, 3.8) is 0 Å². The predicted octanol–water partition coefficient (Wildman–Crippen LogP) is 3.24. The highest BCUT2D eigenvalue weighted by Gasteiger charge is 2.16. The fourth-order valence-corrected chi connectivity index (χ4v) is 2.97. The smallest absolute Gasteiger partial charge is 0.191 e. The van der Waals surface area contributed by atoms with Crippen LogP contribution >= 0.6 is 0 Å². The summed E-state index contributed by atoms with van der Waals surface area (Å²) in [4.78, 5) is 7.24. The molecule has 1 aliphatic rings. The van der Waals surface area contributed by atoms with Crippen LogP contribution in [-0.4, -0.2) is 50.1 Å². The van der Waals surface area contributed by atoms with Crippen LogP contribution in [0.4, 0.5) is 0 Å². The first-order chi connectivity index (χ1) is 10.7. The molecule has 0 aromatic carbocycles. The molecule has 4 nitrogen and oxygen atoms in total. The molecule has 1 unspecified atom stereocenters. The summed E-state index contributed by atoms with van der Waals surface area (Å²) in [5.41, 5.74) is 0. The topological polar surface area (TPSA) is 39.7 Å². The van der Waals surface area contributed by atoms with E-state index >= 15 is 0 Å². The summed E-state index contributed by atoms with van der Waals surface area (Å²) in [7, 11) is 2.21. The van der Waals surface area contributed by atoms with Crippen LogP contribution in [0, 0.1) is 5.92 Å². The van der Waals surface area contributed by atoms with Gasteiger partial charge in [-0.25, -0.2) is 0 Å². The van der Waals surface area contributed by atoms with Gasteiger partial charge in [-0.05, 0) is 59.2 Å². The largest absolute Gasteiger partial charge is 0.357 e. The number of nitrogens with zero attached hydrogens (tertiary/aromatic N) is 2. The monoisotopic (exact) mass is 310 g/mol. The minimum absolute atomic E-state index is 0.507. The summed E-state index contributed by atoms with van der Waals surface area (Å²) >= 11 is 0. The molecule has 1 saturated heterocycles. The van der Waals surface area contributed by atoms with Crippen molar-refractivity contribution in [2.24, 2.45) is 10.9 Å². The quantitative estimate of drug-likeness (QED) is 0.390. The molecule has 4 heteroatoms. The summed E-state index contributed by atoms with van der Waals surface area (Å²) < 4.78 is 0. The number of piperidine rings is 1. The van der Waals surface area contributed by atoms with Crippen LogP contribution in [0.2, 0.25) is 0 Å². The fourth-order valence-electron chi connectivity index (χ4n) is 2.97. The molecule has 0 aromatic heterocycles. The number of hydrogen-bond donors (Lipinski definition) is 2. The molecule has 1 aliphatic heterocycles. The van der Waals surface area contributed by atoms with Gasteiger partial charge in [0.05, 0.1) is 0 Å². The molecule has 130 valence electrons. The molecule has 1 atom stereocenters. The molecule has 1 heterocycles. The van der Waals surface area contributed by atoms with Crippen molar-refractivity contribution >= 4 is 5.96 Å². The lowest BCUT2D eigenvalue weighted by atomic mass is 9.97. The van der Waals surface area contributed by atoms with Crippen molar-refractivity contribution in [2.45, 2.75) is 71.8 Å². The molecule has 0 aromatic rings. The van der Waals surface area contributed by atoms with Gasteiger partial charge in [-0.2, -0.15) is 0 Å². The Kier molecular flexibility index (Phi) is 10.3. The minimum atomic E-state index is 0.507. The maximum atomic E-state index is 4.82. The first kappa shape index (κ1) is 19.3. The Labute approximate surface area is 138 Å². The van der Waals surface area contributed by atoms with Gasteiger partial charge in [0.1, 0.15) is 0 Å². The molecule has 1 rings (SSSR count). The van der Waals surface area contributed by atoms with Crippen molar-refractivity contribution in [2.75, 3.05) is 33.2 Å². The van der Waals surface area contributed by atoms with E-state index in [9.17, 15) is 0 Å². The minimum Gasteiger partial charge on any atom is -0.357 e. The third-order valence-corrected chi connectivity index (χ3v) is 4.56. The Bertz CT molecular complexity index is 295. The predicted molar refractivity (Wildman–Crippen MR) is 97.6 cm³/mol. The van der Waals surface area contributed by atoms with E-state index in [0.29, 0.717) is 6.04 Å². The van der Waals surface area contributed by atoms with Crippen LogP contribution < -0.4 is 10.6 Å². The zero-order valence-corrected chi connectivity index (χ0v) is 15.3. The van der Waals surface area contributed by atoms with Gasteiger partial charge in [0, 0.05) is 19.1 Å². The molecule has 0 spiro atoms. The zero-order chi connectivity index (χ0) is 16.2. The summed E-state index contributed by atoms with van der Waals surface area (Å²) in [6.07, 6.45) is 9.14. The number of likely N-dealkylation sites (tertiary alicyclic amines) is 1. The number of nitrogens with one attached hydrogen (secondary N) is 2. The van der Waals surface area contributed by atoms with Crippen molar-refractivity contribution in [1.29, 1.82) is 0 Å². The van der Waals surface area contributed by atoms with Crippen molar-refractivity contribution in [1.82, 2.24) is 15.5 Å². The second kappa shape index (κ2) is 11.8. The standard InChI is InChI=1S/C18H38N4/c1-5-7-8-9-10-16(3)21-18(19-6-2)20-15-17-11-13-22(4)14-12-17/h16-17H,5-15H2,1-4H3,(H2,19,20,21). The molecule has 2 N–H and O–H groups in total. The van der Waals surface area contributed by atoms with Crippen LogP contribution in [-0.2, 0) is 0 Å². The normalized spacial score (nSPS) is 19.2. The zero-order valence-electron chi connectivity index (χ0n) is 15.3. The number of aliphatic imine (C=N–C) groups is 1. The Morgan fingerprint density at radius 2 is 1.91 bits per heavy atom. The van der Waals surface area contributed by atoms with E-state index in [2.05, 4.69) is 43.4 Å². The highest BCUT2D eigenvalue weighted by Crippen LogP contribution is 2.16. The summed E-state index contributed by atoms with van der Waals surface area (Å²) in [5.74, 6) is 1.76. The average molecular weight is 311 g/mol. The van der Waals surface area contributed by atoms with Gasteiger partial charge in [-0.3, -0.25) is 4.99 Å². The maximum Gasteiger partial charge on any atom is 0.191 e. The van der Waals surface area contributed by atoms with Crippen LogP contribution in [0.5, 0.6) is 0 Å². The number of unbranched alkanes of at least 4 members (excludes halogenated alkanes) is 3. The molecule has 0 aliphatic carbocycles. The van der Waals surface area contributed by atoms with E-state index in [4.69, 9.17) is 4.99 Å². The first-order valence-corrected chi connectivity index (χ1v) is 9.39. The van der Waals surface area contributed by atoms with E-state index in [-0.39, 0.29) is 0 Å². The third kappa shape index (κ3) is 8.62. The van der Waals surface area contributed by atoms with Gasteiger partial charge in [-0.1, -0.05) is 32.6 Å². The van der Waals surface area contributed by atoms with E-state index < -0.39 is 0 Å². The van der Waals surface area contributed by atoms with E-state index in [0.717, 1.165) is 25.0 Å². The van der Waals surface area contributed by atoms with E-state index in [1.165, 1.54) is 58.0 Å². The molecule has 0 bridgehead atoms. The molecule has 0 radical (unpaired) electrons. The van der Waals surface area contributed by atoms with Gasteiger partial charge in [0.2, 0.25) is 0 Å². The van der Waals surface area contributed by atoms with Crippen LogP contribution in [0.25, 0.3) is 0 Å². The molecule has 0 amide bonds. The second-order valence-corrected chi connectivity index (χ2v) is 6.86. The number of hydrogen-bond acceptors (Lipinski definition) is 2. The van der Waals surface area contributed by atoms with Gasteiger partial charge >= 0.3 is 0 Å². The van der Waals surface area contributed by atoms with Crippen molar-refractivity contribution < 1.29 is 0 Å². The summed E-state index contributed by atoms with van der Waals surface area (Å²) in [6.45, 7) is 11.0. The Morgan fingerprint density at radius 1 is 1.18 bits per heavy atom. The van der Waals surface area contributed by atoms with Gasteiger partial charge in [-0.15, -0.1) is 0 Å². The number of rotatable bonds is 9. The average Bonchev–Trinajstić information content (AvgIpc) is 2.51. The maximum absolute atomic E-state index is 4.82. The highest BCUT2D eigenvalue weighted by atomic mass is 15.2. The Morgan fingerprint density at radius 3 is 2.55 bits per heavy atom. The molecule has 0 saturated carbocycles. The highest BCUT2D eigenvalue weighted by molar-refractivity contribution is 5.80. The summed E-state index contributed by atoms with van der Waals surface area (Å²) in [6, 6.07) is 0.507. The van der Waals surface area contributed by atoms with E-state index in [1.807, 2.05) is 0 Å². The molecule has 22 heavy (non-hydrogen) atoms. The number of guanidine groups is 1. The third-order valence-electron chi connectivity index (χ3n) is 4.56. The molecule has 1 fully saturated rings. The van der Waals surface area contributed by atoms with Crippen LogP contribution in [0.3, 0.4) is 0 Å². The fraction of sp³-hybridized carbons (Fsp3) is 0.944.